The first-order chi connectivity index (χ1) is 9.81. The second kappa shape index (κ2) is 6.48. The zero-order chi connectivity index (χ0) is 13.8. The number of rotatable bonds is 5. The van der Waals surface area contributed by atoms with Gasteiger partial charge >= 0.3 is 0 Å². The van der Waals surface area contributed by atoms with Crippen LogP contribution in [0.5, 0.6) is 0 Å². The van der Waals surface area contributed by atoms with E-state index in [1.165, 1.54) is 30.6 Å². The SMILES string of the molecule is NNC(CSc1ccccc1)C1CCOC2(CCC2)C1. The summed E-state index contributed by atoms with van der Waals surface area (Å²) in [6.07, 6.45) is 6.12. The van der Waals surface area contributed by atoms with E-state index in [4.69, 9.17) is 10.6 Å². The van der Waals surface area contributed by atoms with Crippen molar-refractivity contribution < 1.29 is 4.74 Å². The summed E-state index contributed by atoms with van der Waals surface area (Å²) in [5.41, 5.74) is 3.26. The fourth-order valence-corrected chi connectivity index (χ4v) is 4.44. The number of benzene rings is 1. The molecular weight excluding hydrogens is 268 g/mol. The van der Waals surface area contributed by atoms with Gasteiger partial charge in [0.2, 0.25) is 0 Å². The molecule has 0 radical (unpaired) electrons. The van der Waals surface area contributed by atoms with Crippen molar-refractivity contribution in [2.45, 2.75) is 48.6 Å². The molecule has 2 unspecified atom stereocenters. The average molecular weight is 292 g/mol. The standard InChI is InChI=1S/C16H24N2OS/c17-18-15(12-20-14-5-2-1-3-6-14)13-7-10-19-16(11-13)8-4-9-16/h1-3,5-6,13,15,18H,4,7-12,17H2. The maximum absolute atomic E-state index is 6.01. The zero-order valence-electron chi connectivity index (χ0n) is 11.9. The van der Waals surface area contributed by atoms with Crippen LogP contribution in [0, 0.1) is 5.92 Å². The van der Waals surface area contributed by atoms with Crippen LogP contribution in [0.1, 0.15) is 32.1 Å². The predicted octanol–water partition coefficient (Wildman–Crippen LogP) is 2.96. The summed E-state index contributed by atoms with van der Waals surface area (Å²) in [6, 6.07) is 10.9. The Hall–Kier alpha value is -0.550. The normalized spacial score (nSPS) is 26.1. The molecule has 110 valence electrons. The van der Waals surface area contributed by atoms with E-state index in [0.717, 1.165) is 18.8 Å². The highest BCUT2D eigenvalue weighted by molar-refractivity contribution is 7.99. The van der Waals surface area contributed by atoms with Crippen LogP contribution in [-0.4, -0.2) is 24.0 Å². The predicted molar refractivity (Wildman–Crippen MR) is 83.5 cm³/mol. The monoisotopic (exact) mass is 292 g/mol. The van der Waals surface area contributed by atoms with Gasteiger partial charge in [0, 0.05) is 23.3 Å². The van der Waals surface area contributed by atoms with Crippen molar-refractivity contribution in [3.05, 3.63) is 30.3 Å². The molecule has 3 nitrogen and oxygen atoms in total. The van der Waals surface area contributed by atoms with Gasteiger partial charge in [-0.15, -0.1) is 11.8 Å². The van der Waals surface area contributed by atoms with Gasteiger partial charge in [-0.05, 0) is 50.2 Å². The molecule has 1 saturated heterocycles. The average Bonchev–Trinajstić information content (AvgIpc) is 2.48. The Morgan fingerprint density at radius 1 is 1.35 bits per heavy atom. The molecule has 3 rings (SSSR count). The van der Waals surface area contributed by atoms with E-state index in [1.54, 1.807) is 0 Å². The van der Waals surface area contributed by atoms with Crippen molar-refractivity contribution >= 4 is 11.8 Å². The van der Waals surface area contributed by atoms with E-state index >= 15 is 0 Å². The van der Waals surface area contributed by atoms with Crippen molar-refractivity contribution in [3.8, 4) is 0 Å². The van der Waals surface area contributed by atoms with Crippen LogP contribution < -0.4 is 11.3 Å². The van der Waals surface area contributed by atoms with Gasteiger partial charge in [0.25, 0.3) is 0 Å². The Kier molecular flexibility index (Phi) is 4.66. The molecule has 20 heavy (non-hydrogen) atoms. The fourth-order valence-electron chi connectivity index (χ4n) is 3.35. The summed E-state index contributed by atoms with van der Waals surface area (Å²) in [4.78, 5) is 1.32. The molecule has 1 spiro atoms. The fraction of sp³-hybridized carbons (Fsp3) is 0.625. The van der Waals surface area contributed by atoms with Gasteiger partial charge in [0.15, 0.2) is 0 Å². The molecule has 4 heteroatoms. The van der Waals surface area contributed by atoms with E-state index in [0.29, 0.717) is 12.0 Å². The summed E-state index contributed by atoms with van der Waals surface area (Å²) in [7, 11) is 0. The van der Waals surface area contributed by atoms with Crippen LogP contribution in [0.3, 0.4) is 0 Å². The van der Waals surface area contributed by atoms with E-state index in [1.807, 2.05) is 11.8 Å². The lowest BCUT2D eigenvalue weighted by Crippen LogP contribution is -2.52. The molecule has 0 bridgehead atoms. The lowest BCUT2D eigenvalue weighted by molar-refractivity contribution is -0.146. The molecule has 0 aromatic heterocycles. The van der Waals surface area contributed by atoms with Crippen molar-refractivity contribution in [3.63, 3.8) is 0 Å². The van der Waals surface area contributed by atoms with Crippen LogP contribution in [0.2, 0.25) is 0 Å². The van der Waals surface area contributed by atoms with Gasteiger partial charge in [0.05, 0.1) is 5.60 Å². The minimum absolute atomic E-state index is 0.204. The van der Waals surface area contributed by atoms with E-state index in [9.17, 15) is 0 Å². The second-order valence-corrected chi connectivity index (χ2v) is 7.13. The molecule has 1 aliphatic carbocycles. The summed E-state index contributed by atoms with van der Waals surface area (Å²) in [5.74, 6) is 7.48. The topological polar surface area (TPSA) is 47.3 Å². The largest absolute Gasteiger partial charge is 0.375 e. The minimum atomic E-state index is 0.204. The van der Waals surface area contributed by atoms with Gasteiger partial charge < -0.3 is 4.74 Å². The number of hydrogen-bond acceptors (Lipinski definition) is 4. The molecule has 2 aliphatic rings. The van der Waals surface area contributed by atoms with Gasteiger partial charge in [-0.3, -0.25) is 11.3 Å². The molecule has 2 fully saturated rings. The Bertz CT molecular complexity index is 422. The number of nitrogens with one attached hydrogen (secondary N) is 1. The number of thioether (sulfide) groups is 1. The maximum Gasteiger partial charge on any atom is 0.0685 e. The highest BCUT2D eigenvalue weighted by Gasteiger charge is 2.44. The van der Waals surface area contributed by atoms with Crippen LogP contribution in [0.25, 0.3) is 0 Å². The summed E-state index contributed by atoms with van der Waals surface area (Å²) in [6.45, 7) is 0.902. The summed E-state index contributed by atoms with van der Waals surface area (Å²) >= 11 is 1.89. The zero-order valence-corrected chi connectivity index (χ0v) is 12.7. The number of ether oxygens (including phenoxy) is 1. The molecule has 2 atom stereocenters. The van der Waals surface area contributed by atoms with Gasteiger partial charge in [0.1, 0.15) is 0 Å². The smallest absolute Gasteiger partial charge is 0.0685 e. The van der Waals surface area contributed by atoms with E-state index in [-0.39, 0.29) is 5.60 Å². The third kappa shape index (κ3) is 3.19. The van der Waals surface area contributed by atoms with Gasteiger partial charge in [-0.1, -0.05) is 18.2 Å². The Labute approximate surface area is 125 Å². The minimum Gasteiger partial charge on any atom is -0.375 e. The quantitative estimate of drug-likeness (QED) is 0.497. The molecule has 1 heterocycles. The highest BCUT2D eigenvalue weighted by Crippen LogP contribution is 2.45. The molecule has 0 amide bonds. The lowest BCUT2D eigenvalue weighted by Gasteiger charge is -2.48. The molecule has 3 N–H and O–H groups in total. The molecular formula is C16H24N2OS. The van der Waals surface area contributed by atoms with Crippen LogP contribution in [-0.2, 0) is 4.74 Å². The maximum atomic E-state index is 6.01. The summed E-state index contributed by atoms with van der Waals surface area (Å²) < 4.78 is 6.01. The van der Waals surface area contributed by atoms with Crippen molar-refractivity contribution in [1.29, 1.82) is 0 Å². The Balaban J connectivity index is 1.55. The first kappa shape index (κ1) is 14.4. The highest BCUT2D eigenvalue weighted by atomic mass is 32.2. The van der Waals surface area contributed by atoms with Gasteiger partial charge in [-0.25, -0.2) is 0 Å². The number of nitrogens with two attached hydrogens (primary N) is 1. The second-order valence-electron chi connectivity index (χ2n) is 6.04. The van der Waals surface area contributed by atoms with Crippen LogP contribution >= 0.6 is 11.8 Å². The van der Waals surface area contributed by atoms with E-state index < -0.39 is 0 Å². The third-order valence-corrected chi connectivity index (χ3v) is 5.88. The molecule has 1 aromatic rings. The molecule has 1 aliphatic heterocycles. The van der Waals surface area contributed by atoms with Crippen LogP contribution in [0.4, 0.5) is 0 Å². The first-order valence-corrected chi connectivity index (χ1v) is 8.58. The summed E-state index contributed by atoms with van der Waals surface area (Å²) in [5, 5.41) is 0. The van der Waals surface area contributed by atoms with Crippen molar-refractivity contribution in [2.75, 3.05) is 12.4 Å². The Morgan fingerprint density at radius 2 is 2.15 bits per heavy atom. The molecule has 1 saturated carbocycles. The first-order valence-electron chi connectivity index (χ1n) is 7.59. The third-order valence-electron chi connectivity index (χ3n) is 4.75. The Morgan fingerprint density at radius 3 is 2.80 bits per heavy atom. The number of hydrogen-bond donors (Lipinski definition) is 2. The van der Waals surface area contributed by atoms with Crippen LogP contribution in [0.15, 0.2) is 35.2 Å². The van der Waals surface area contributed by atoms with E-state index in [2.05, 4.69) is 35.8 Å². The lowest BCUT2D eigenvalue weighted by atomic mass is 9.70. The van der Waals surface area contributed by atoms with Gasteiger partial charge in [-0.2, -0.15) is 0 Å². The number of hydrazine groups is 1. The van der Waals surface area contributed by atoms with Crippen molar-refractivity contribution in [1.82, 2.24) is 5.43 Å². The van der Waals surface area contributed by atoms with Crippen molar-refractivity contribution in [2.24, 2.45) is 11.8 Å². The molecule has 1 aromatic carbocycles.